The summed E-state index contributed by atoms with van der Waals surface area (Å²) in [6.45, 7) is 0. The predicted octanol–water partition coefficient (Wildman–Crippen LogP) is 1.86. The second kappa shape index (κ2) is 4.10. The third-order valence-electron chi connectivity index (χ3n) is 2.04. The topological polar surface area (TPSA) is 78.4 Å². The van der Waals surface area contributed by atoms with Crippen LogP contribution in [0, 0.1) is 0 Å². The lowest BCUT2D eigenvalue weighted by Gasteiger charge is -1.98. The summed E-state index contributed by atoms with van der Waals surface area (Å²) >= 11 is 1.13. The van der Waals surface area contributed by atoms with Crippen molar-refractivity contribution >= 4 is 17.7 Å². The van der Waals surface area contributed by atoms with Crippen LogP contribution in [-0.4, -0.2) is 21.4 Å². The Morgan fingerprint density at radius 3 is 3.00 bits per heavy atom. The highest BCUT2D eigenvalue weighted by molar-refractivity contribution is 8.00. The van der Waals surface area contributed by atoms with Crippen LogP contribution in [0.1, 0.15) is 0 Å². The molecule has 0 amide bonds. The molecular weight excluding hydrogens is 244 g/mol. The van der Waals surface area contributed by atoms with Crippen LogP contribution < -0.4 is 0 Å². The van der Waals surface area contributed by atoms with Crippen molar-refractivity contribution in [3.8, 4) is 11.7 Å². The van der Waals surface area contributed by atoms with Crippen molar-refractivity contribution in [2.24, 2.45) is 0 Å². The van der Waals surface area contributed by atoms with Crippen molar-refractivity contribution in [2.45, 2.75) is 10.5 Å². The zero-order valence-corrected chi connectivity index (χ0v) is 9.22. The zero-order valence-electron chi connectivity index (χ0n) is 8.40. The summed E-state index contributed by atoms with van der Waals surface area (Å²) in [6.07, 6.45) is 4.50. The molecule has 0 radical (unpaired) electrons. The molecule has 6 nitrogen and oxygen atoms in total. The van der Waals surface area contributed by atoms with E-state index in [0.717, 1.165) is 11.8 Å². The number of hydrogen-bond acceptors (Lipinski definition) is 7. The van der Waals surface area contributed by atoms with Crippen LogP contribution in [0.5, 0.6) is 0 Å². The Kier molecular flexibility index (Phi) is 2.45. The van der Waals surface area contributed by atoms with Crippen molar-refractivity contribution < 1.29 is 18.4 Å². The van der Waals surface area contributed by atoms with Gasteiger partial charge in [0.05, 0.1) is 12.5 Å². The molecule has 2 aromatic rings. The third-order valence-corrected chi connectivity index (χ3v) is 3.01. The number of hydrogen-bond donors (Lipinski definition) is 0. The van der Waals surface area contributed by atoms with Crippen LogP contribution in [0.4, 0.5) is 0 Å². The van der Waals surface area contributed by atoms with Gasteiger partial charge >= 0.3 is 5.97 Å². The SMILES string of the molecule is O=C1OC=CC1Sc1nnc(-c2ccco2)o1. The van der Waals surface area contributed by atoms with Crippen molar-refractivity contribution in [1.29, 1.82) is 0 Å². The molecule has 0 fully saturated rings. The van der Waals surface area contributed by atoms with Gasteiger partial charge in [0.1, 0.15) is 5.25 Å². The molecular formula is C10H6N2O4S. The Labute approximate surface area is 99.6 Å². The summed E-state index contributed by atoms with van der Waals surface area (Å²) in [4.78, 5) is 11.2. The zero-order chi connectivity index (χ0) is 11.7. The first-order valence-corrected chi connectivity index (χ1v) is 5.62. The van der Waals surface area contributed by atoms with Gasteiger partial charge in [-0.05, 0) is 30.0 Å². The van der Waals surface area contributed by atoms with E-state index in [1.165, 1.54) is 12.5 Å². The average molecular weight is 250 g/mol. The minimum absolute atomic E-state index is 0.285. The summed E-state index contributed by atoms with van der Waals surface area (Å²) in [5.41, 5.74) is 0. The summed E-state index contributed by atoms with van der Waals surface area (Å²) in [5, 5.41) is 7.50. The number of aromatic nitrogens is 2. The molecule has 0 saturated carbocycles. The molecule has 0 aromatic carbocycles. The van der Waals surface area contributed by atoms with Crippen LogP contribution in [0.3, 0.4) is 0 Å². The van der Waals surface area contributed by atoms with Gasteiger partial charge in [-0.3, -0.25) is 4.79 Å². The van der Waals surface area contributed by atoms with Gasteiger partial charge < -0.3 is 13.6 Å². The second-order valence-electron chi connectivity index (χ2n) is 3.15. The number of furan rings is 1. The minimum atomic E-state index is -0.431. The Morgan fingerprint density at radius 2 is 2.29 bits per heavy atom. The number of carbonyl (C=O) groups excluding carboxylic acids is 1. The number of cyclic esters (lactones) is 1. The van der Waals surface area contributed by atoms with Crippen LogP contribution in [0.15, 0.2) is 44.8 Å². The first-order chi connectivity index (χ1) is 8.33. The Hall–Kier alpha value is -2.02. The molecule has 86 valence electrons. The molecule has 0 bridgehead atoms. The van der Waals surface area contributed by atoms with Crippen molar-refractivity contribution in [3.63, 3.8) is 0 Å². The van der Waals surface area contributed by atoms with Gasteiger partial charge in [0.25, 0.3) is 11.1 Å². The minimum Gasteiger partial charge on any atom is -0.459 e. The van der Waals surface area contributed by atoms with E-state index in [2.05, 4.69) is 14.9 Å². The first kappa shape index (κ1) is 10.2. The molecule has 3 rings (SSSR count). The lowest BCUT2D eigenvalue weighted by molar-refractivity contribution is -0.134. The van der Waals surface area contributed by atoms with E-state index in [4.69, 9.17) is 8.83 Å². The highest BCUT2D eigenvalue weighted by Crippen LogP contribution is 2.29. The summed E-state index contributed by atoms with van der Waals surface area (Å²) in [7, 11) is 0. The van der Waals surface area contributed by atoms with E-state index in [9.17, 15) is 4.79 Å². The number of ether oxygens (including phenoxy) is 1. The standard InChI is InChI=1S/C10H6N2O4S/c13-9-7(3-5-15-9)17-10-12-11-8(16-10)6-2-1-4-14-6/h1-5,7H. The molecule has 2 aromatic heterocycles. The molecule has 1 atom stereocenters. The maximum Gasteiger partial charge on any atom is 0.328 e. The highest BCUT2D eigenvalue weighted by atomic mass is 32.2. The van der Waals surface area contributed by atoms with E-state index < -0.39 is 5.25 Å². The molecule has 1 aliphatic heterocycles. The Balaban J connectivity index is 1.77. The van der Waals surface area contributed by atoms with E-state index in [0.29, 0.717) is 11.0 Å². The van der Waals surface area contributed by atoms with Gasteiger partial charge in [0.2, 0.25) is 0 Å². The highest BCUT2D eigenvalue weighted by Gasteiger charge is 2.25. The van der Waals surface area contributed by atoms with E-state index in [-0.39, 0.29) is 11.9 Å². The lowest BCUT2D eigenvalue weighted by atomic mass is 10.5. The molecule has 1 unspecified atom stereocenters. The van der Waals surface area contributed by atoms with Crippen LogP contribution in [0.2, 0.25) is 0 Å². The molecule has 0 aliphatic carbocycles. The smallest absolute Gasteiger partial charge is 0.328 e. The lowest BCUT2D eigenvalue weighted by Crippen LogP contribution is -2.09. The van der Waals surface area contributed by atoms with E-state index >= 15 is 0 Å². The number of esters is 1. The number of carbonyl (C=O) groups is 1. The Bertz CT molecular complexity index is 561. The van der Waals surface area contributed by atoms with Crippen LogP contribution in [0.25, 0.3) is 11.7 Å². The predicted molar refractivity (Wildman–Crippen MR) is 56.9 cm³/mol. The second-order valence-corrected chi connectivity index (χ2v) is 4.25. The third kappa shape index (κ3) is 1.96. The fraction of sp³-hybridized carbons (Fsp3) is 0.100. The van der Waals surface area contributed by atoms with Gasteiger partial charge in [-0.2, -0.15) is 0 Å². The van der Waals surface area contributed by atoms with Crippen LogP contribution >= 0.6 is 11.8 Å². The maximum atomic E-state index is 11.2. The molecule has 17 heavy (non-hydrogen) atoms. The average Bonchev–Trinajstić information content (AvgIpc) is 3.02. The fourth-order valence-corrected chi connectivity index (χ4v) is 2.00. The largest absolute Gasteiger partial charge is 0.459 e. The summed E-state index contributed by atoms with van der Waals surface area (Å²) in [6, 6.07) is 3.44. The van der Waals surface area contributed by atoms with Crippen molar-refractivity contribution in [1.82, 2.24) is 10.2 Å². The van der Waals surface area contributed by atoms with Gasteiger partial charge in [0.15, 0.2) is 5.76 Å². The van der Waals surface area contributed by atoms with E-state index in [1.807, 2.05) is 0 Å². The van der Waals surface area contributed by atoms with Crippen LogP contribution in [-0.2, 0) is 9.53 Å². The number of thioether (sulfide) groups is 1. The van der Waals surface area contributed by atoms with Crippen molar-refractivity contribution in [2.75, 3.05) is 0 Å². The fourth-order valence-electron chi connectivity index (χ4n) is 1.28. The summed E-state index contributed by atoms with van der Waals surface area (Å²) in [5.74, 6) is 0.439. The molecule has 3 heterocycles. The van der Waals surface area contributed by atoms with Gasteiger partial charge in [-0.25, -0.2) is 0 Å². The molecule has 7 heteroatoms. The number of rotatable bonds is 3. The van der Waals surface area contributed by atoms with Gasteiger partial charge in [0, 0.05) is 0 Å². The number of nitrogens with zero attached hydrogens (tertiary/aromatic N) is 2. The Morgan fingerprint density at radius 1 is 1.35 bits per heavy atom. The normalized spacial score (nSPS) is 18.6. The maximum absolute atomic E-state index is 11.2. The first-order valence-electron chi connectivity index (χ1n) is 4.74. The van der Waals surface area contributed by atoms with Crippen molar-refractivity contribution in [3.05, 3.63) is 30.7 Å². The monoisotopic (exact) mass is 250 g/mol. The van der Waals surface area contributed by atoms with Gasteiger partial charge in [-0.15, -0.1) is 10.2 Å². The van der Waals surface area contributed by atoms with E-state index in [1.54, 1.807) is 18.2 Å². The summed E-state index contributed by atoms with van der Waals surface area (Å²) < 4.78 is 15.1. The molecule has 0 N–H and O–H groups in total. The molecule has 1 aliphatic rings. The molecule has 0 spiro atoms. The molecule has 0 saturated heterocycles. The van der Waals surface area contributed by atoms with Gasteiger partial charge in [-0.1, -0.05) is 0 Å². The quantitative estimate of drug-likeness (QED) is 0.769.